The molecule has 3 rings (SSSR count). The van der Waals surface area contributed by atoms with Gasteiger partial charge in [-0.05, 0) is 31.2 Å². The van der Waals surface area contributed by atoms with Crippen molar-refractivity contribution < 1.29 is 44.1 Å². The van der Waals surface area contributed by atoms with Crippen LogP contribution in [0.5, 0.6) is 0 Å². The Kier molecular flexibility index (Phi) is 6.30. The molecule has 0 aliphatic rings. The third kappa shape index (κ3) is 4.74. The Labute approximate surface area is 169 Å². The molecule has 22 heavy (non-hydrogen) atoms. The fraction of sp³-hybridized carbons (Fsp3) is 0.0667. The number of pyridine rings is 1. The van der Waals surface area contributed by atoms with Crippen LogP contribution in [-0.2, 0) is 0 Å². The largest absolute Gasteiger partial charge is 0.699 e. The summed E-state index contributed by atoms with van der Waals surface area (Å²) in [7, 11) is 0. The van der Waals surface area contributed by atoms with Crippen LogP contribution in [0.4, 0.5) is 17.2 Å². The van der Waals surface area contributed by atoms with Gasteiger partial charge in [0.1, 0.15) is 5.03 Å². The van der Waals surface area contributed by atoms with E-state index in [1.807, 2.05) is 37.3 Å². The molecule has 0 atom stereocenters. The van der Waals surface area contributed by atoms with Crippen LogP contribution in [0.15, 0.2) is 58.6 Å². The van der Waals surface area contributed by atoms with Gasteiger partial charge in [0.25, 0.3) is 0 Å². The summed E-state index contributed by atoms with van der Waals surface area (Å²) in [5.74, 6) is 0.785. The van der Waals surface area contributed by atoms with E-state index in [-0.39, 0.29) is 44.1 Å². The summed E-state index contributed by atoms with van der Waals surface area (Å²) in [6.45, 7) is 1.96. The van der Waals surface area contributed by atoms with E-state index in [9.17, 15) is 0 Å². The van der Waals surface area contributed by atoms with Crippen molar-refractivity contribution in [3.05, 3.63) is 60.1 Å². The van der Waals surface area contributed by atoms with E-state index in [4.69, 9.17) is 5.73 Å². The molecule has 3 N–H and O–H groups in total. The molecule has 7 heteroatoms. The molecule has 0 saturated carbocycles. The number of aromatic nitrogens is 3. The number of nitrogens with one attached hydrogen (secondary N) is 3. The Morgan fingerprint density at radius 3 is 2.59 bits per heavy atom. The van der Waals surface area contributed by atoms with Gasteiger partial charge in [-0.15, -0.1) is 5.69 Å². The first kappa shape index (κ1) is 17.3. The fourth-order valence-corrected chi connectivity index (χ4v) is 2.63. The van der Waals surface area contributed by atoms with Gasteiger partial charge in [-0.3, -0.25) is 5.10 Å². The molecule has 0 bridgehead atoms. The molecule has 109 valence electrons. The molecule has 5 nitrogen and oxygen atoms in total. The van der Waals surface area contributed by atoms with E-state index in [0.29, 0.717) is 5.69 Å². The smallest absolute Gasteiger partial charge is 0.152 e. The molecule has 0 unspecified atom stereocenters. The molecule has 0 saturated heterocycles. The van der Waals surface area contributed by atoms with E-state index in [0.717, 1.165) is 27.1 Å². The van der Waals surface area contributed by atoms with Gasteiger partial charge >= 0.3 is 0 Å². The predicted octanol–water partition coefficient (Wildman–Crippen LogP) is 4.69. The molecule has 3 aromatic rings. The second kappa shape index (κ2) is 8.00. The van der Waals surface area contributed by atoms with Crippen LogP contribution >= 0.6 is 11.8 Å². The Balaban J connectivity index is 0.00000176. The van der Waals surface area contributed by atoms with Crippen molar-refractivity contribution in [2.75, 3.05) is 5.32 Å². The van der Waals surface area contributed by atoms with Crippen molar-refractivity contribution in [1.29, 1.82) is 0 Å². The summed E-state index contributed by atoms with van der Waals surface area (Å²) in [5, 5.41) is 11.2. The quantitative estimate of drug-likeness (QED) is 0.521. The Bertz CT molecular complexity index is 742. The molecule has 0 aliphatic heterocycles. The third-order valence-electron chi connectivity index (χ3n) is 2.79. The summed E-state index contributed by atoms with van der Waals surface area (Å²) in [4.78, 5) is 5.41. The van der Waals surface area contributed by atoms with Crippen molar-refractivity contribution in [3.8, 4) is 0 Å². The number of hydrogen-bond acceptors (Lipinski definition) is 4. The van der Waals surface area contributed by atoms with Gasteiger partial charge < -0.3 is 11.1 Å². The maximum atomic E-state index is 7.49. The molecule has 0 fully saturated rings. The molecule has 2 heterocycles. The molecule has 1 radical (unpaired) electrons. The van der Waals surface area contributed by atoms with Gasteiger partial charge in [0.05, 0.1) is 0 Å². The second-order valence-corrected chi connectivity index (χ2v) is 5.66. The second-order valence-electron chi connectivity index (χ2n) is 4.57. The van der Waals surface area contributed by atoms with Crippen LogP contribution < -0.4 is 5.32 Å². The fourth-order valence-electron chi connectivity index (χ4n) is 1.82. The first-order valence-corrected chi connectivity index (χ1v) is 7.25. The van der Waals surface area contributed by atoms with Gasteiger partial charge in [-0.25, -0.2) is 4.98 Å². The van der Waals surface area contributed by atoms with E-state index < -0.39 is 0 Å². The van der Waals surface area contributed by atoms with Crippen LogP contribution in [0.25, 0.3) is 5.73 Å². The Morgan fingerprint density at radius 2 is 1.91 bits per heavy atom. The van der Waals surface area contributed by atoms with Gasteiger partial charge in [0.15, 0.2) is 5.82 Å². The van der Waals surface area contributed by atoms with Crippen molar-refractivity contribution in [1.82, 2.24) is 15.2 Å². The van der Waals surface area contributed by atoms with Crippen molar-refractivity contribution >= 4 is 29.0 Å². The molecule has 0 spiro atoms. The SMILES string of the molecule is Cc1cc(Nc2ccnc(Sc3ccc([NH-])cc3)c2)n[nH]1.[Ac]. The average Bonchev–Trinajstić information content (AvgIpc) is 2.87. The maximum absolute atomic E-state index is 7.49. The number of aromatic amines is 1. The van der Waals surface area contributed by atoms with Crippen molar-refractivity contribution in [2.24, 2.45) is 0 Å². The molecule has 0 amide bonds. The van der Waals surface area contributed by atoms with Gasteiger partial charge in [-0.2, -0.15) is 5.10 Å². The molecule has 0 aliphatic carbocycles. The standard InChI is InChI=1S/C15H14N5S.Ac/c1-10-8-14(20-19-10)18-12-6-7-17-15(9-12)21-13-4-2-11(16)3-5-13;/h2-9,16H,1H3,(H2,17,18,19,20);/q-1;. The molecular weight excluding hydrogens is 509 g/mol. The number of benzene rings is 1. The monoisotopic (exact) mass is 523 g/mol. The number of aryl methyl sites for hydroxylation is 1. The van der Waals surface area contributed by atoms with Crippen LogP contribution in [0.2, 0.25) is 0 Å². The first-order valence-electron chi connectivity index (χ1n) is 6.44. The van der Waals surface area contributed by atoms with Crippen LogP contribution in [-0.4, -0.2) is 15.2 Å². The third-order valence-corrected chi connectivity index (χ3v) is 3.73. The van der Waals surface area contributed by atoms with Crippen molar-refractivity contribution in [2.45, 2.75) is 16.8 Å². The summed E-state index contributed by atoms with van der Waals surface area (Å²) in [5.41, 5.74) is 9.95. The minimum atomic E-state index is 0. The summed E-state index contributed by atoms with van der Waals surface area (Å²) in [6.07, 6.45) is 1.77. The van der Waals surface area contributed by atoms with Gasteiger partial charge in [0.2, 0.25) is 0 Å². The molecule has 1 aromatic carbocycles. The average molecular weight is 523 g/mol. The zero-order valence-corrected chi connectivity index (χ0v) is 17.6. The van der Waals surface area contributed by atoms with E-state index in [2.05, 4.69) is 20.5 Å². The Morgan fingerprint density at radius 1 is 1.14 bits per heavy atom. The summed E-state index contributed by atoms with van der Waals surface area (Å²) in [6, 6.07) is 13.2. The first-order chi connectivity index (χ1) is 10.2. The molecular formula is C15H14AcN5S-. The van der Waals surface area contributed by atoms with E-state index in [1.165, 1.54) is 0 Å². The normalized spacial score (nSPS) is 10.0. The predicted molar refractivity (Wildman–Crippen MR) is 85.4 cm³/mol. The Hall–Kier alpha value is -1.03. The zero-order chi connectivity index (χ0) is 14.7. The van der Waals surface area contributed by atoms with Gasteiger partial charge in [-0.1, -0.05) is 23.9 Å². The number of hydrogen-bond donors (Lipinski definition) is 2. The van der Waals surface area contributed by atoms with Crippen molar-refractivity contribution in [3.63, 3.8) is 0 Å². The topological polar surface area (TPSA) is 77.4 Å². The van der Waals surface area contributed by atoms with Crippen LogP contribution in [0, 0.1) is 51.0 Å². The maximum Gasteiger partial charge on any atom is 0.152 e. The van der Waals surface area contributed by atoms with Crippen LogP contribution in [0.1, 0.15) is 5.69 Å². The minimum Gasteiger partial charge on any atom is -0.699 e. The minimum absolute atomic E-state index is 0. The number of nitrogens with zero attached hydrogens (tertiary/aromatic N) is 2. The zero-order valence-electron chi connectivity index (χ0n) is 12.0. The number of H-pyrrole nitrogens is 1. The van der Waals surface area contributed by atoms with Gasteiger partial charge in [0, 0.05) is 72.6 Å². The summed E-state index contributed by atoms with van der Waals surface area (Å²) < 4.78 is 0. The van der Waals surface area contributed by atoms with E-state index in [1.54, 1.807) is 30.1 Å². The van der Waals surface area contributed by atoms with Crippen LogP contribution in [0.3, 0.4) is 0 Å². The molecule has 2 aromatic heterocycles. The van der Waals surface area contributed by atoms with E-state index >= 15 is 0 Å². The summed E-state index contributed by atoms with van der Waals surface area (Å²) >= 11 is 1.56. The number of rotatable bonds is 4. The number of anilines is 2.